The molecule has 1 fully saturated rings. The van der Waals surface area contributed by atoms with Gasteiger partial charge in [-0.2, -0.15) is 0 Å². The average molecular weight is 219 g/mol. The molecule has 16 heavy (non-hydrogen) atoms. The average Bonchev–Trinajstić information content (AvgIpc) is 2.64. The van der Waals surface area contributed by atoms with E-state index in [1.165, 1.54) is 12.0 Å². The normalized spacial score (nSPS) is 25.0. The van der Waals surface area contributed by atoms with Crippen molar-refractivity contribution in [2.45, 2.75) is 45.3 Å². The van der Waals surface area contributed by atoms with Crippen LogP contribution in [0.25, 0.3) is 0 Å². The highest BCUT2D eigenvalue weighted by Gasteiger charge is 2.22. The van der Waals surface area contributed by atoms with Crippen LogP contribution in [0.5, 0.6) is 5.75 Å². The molecule has 0 spiro atoms. The summed E-state index contributed by atoms with van der Waals surface area (Å²) >= 11 is 0. The Morgan fingerprint density at radius 3 is 2.81 bits per heavy atom. The largest absolute Gasteiger partial charge is 0.491 e. The Labute approximate surface area is 98.0 Å². The molecule has 2 nitrogen and oxygen atoms in total. The Bertz CT molecular complexity index is 348. The maximum absolute atomic E-state index is 5.72. The molecule has 0 saturated carbocycles. The molecule has 1 N–H and O–H groups in total. The van der Waals surface area contributed by atoms with Crippen molar-refractivity contribution in [3.05, 3.63) is 29.8 Å². The minimum Gasteiger partial charge on any atom is -0.491 e. The number of rotatable bonds is 3. The third-order valence-corrected chi connectivity index (χ3v) is 3.05. The van der Waals surface area contributed by atoms with Crippen LogP contribution in [0.2, 0.25) is 0 Å². The van der Waals surface area contributed by atoms with E-state index in [1.807, 2.05) is 6.07 Å². The van der Waals surface area contributed by atoms with Gasteiger partial charge in [-0.3, -0.25) is 0 Å². The van der Waals surface area contributed by atoms with Crippen LogP contribution >= 0.6 is 0 Å². The maximum atomic E-state index is 5.72. The van der Waals surface area contributed by atoms with Gasteiger partial charge in [0, 0.05) is 12.6 Å². The maximum Gasteiger partial charge on any atom is 0.119 e. The van der Waals surface area contributed by atoms with Crippen LogP contribution in [0.1, 0.15) is 38.7 Å². The SMILES string of the molecule is CC1CC(c2cccc(OC(C)C)c2)CN1. The van der Waals surface area contributed by atoms with Gasteiger partial charge in [-0.1, -0.05) is 12.1 Å². The highest BCUT2D eigenvalue weighted by Crippen LogP contribution is 2.28. The summed E-state index contributed by atoms with van der Waals surface area (Å²) in [5.41, 5.74) is 1.40. The molecule has 0 bridgehead atoms. The van der Waals surface area contributed by atoms with Crippen molar-refractivity contribution in [1.29, 1.82) is 0 Å². The second-order valence-corrected chi connectivity index (χ2v) is 4.98. The highest BCUT2D eigenvalue weighted by atomic mass is 16.5. The summed E-state index contributed by atoms with van der Waals surface area (Å²) in [5, 5.41) is 3.49. The van der Waals surface area contributed by atoms with E-state index in [1.54, 1.807) is 0 Å². The molecule has 0 amide bonds. The van der Waals surface area contributed by atoms with Crippen molar-refractivity contribution in [1.82, 2.24) is 5.32 Å². The summed E-state index contributed by atoms with van der Waals surface area (Å²) in [5.74, 6) is 1.64. The van der Waals surface area contributed by atoms with Crippen molar-refractivity contribution in [2.75, 3.05) is 6.54 Å². The molecule has 1 aliphatic rings. The van der Waals surface area contributed by atoms with Gasteiger partial charge in [0.15, 0.2) is 0 Å². The van der Waals surface area contributed by atoms with E-state index in [2.05, 4.69) is 44.3 Å². The van der Waals surface area contributed by atoms with Gasteiger partial charge in [0.25, 0.3) is 0 Å². The Kier molecular flexibility index (Phi) is 3.49. The van der Waals surface area contributed by atoms with Gasteiger partial charge in [-0.25, -0.2) is 0 Å². The predicted molar refractivity (Wildman–Crippen MR) is 67.0 cm³/mol. The van der Waals surface area contributed by atoms with Crippen LogP contribution in [0.15, 0.2) is 24.3 Å². The summed E-state index contributed by atoms with van der Waals surface area (Å²) in [6, 6.07) is 9.16. The number of nitrogens with one attached hydrogen (secondary N) is 1. The lowest BCUT2D eigenvalue weighted by Gasteiger charge is -2.13. The van der Waals surface area contributed by atoms with Crippen LogP contribution in [0.4, 0.5) is 0 Å². The molecule has 0 radical (unpaired) electrons. The summed E-state index contributed by atoms with van der Waals surface area (Å²) in [6.07, 6.45) is 1.47. The molecule has 0 aliphatic carbocycles. The first-order chi connectivity index (χ1) is 7.65. The van der Waals surface area contributed by atoms with Crippen LogP contribution in [-0.2, 0) is 0 Å². The van der Waals surface area contributed by atoms with Crippen molar-refractivity contribution in [3.63, 3.8) is 0 Å². The first-order valence-corrected chi connectivity index (χ1v) is 6.15. The second kappa shape index (κ2) is 4.88. The van der Waals surface area contributed by atoms with Gasteiger partial charge >= 0.3 is 0 Å². The Morgan fingerprint density at radius 1 is 1.38 bits per heavy atom. The van der Waals surface area contributed by atoms with Gasteiger partial charge in [-0.05, 0) is 50.8 Å². The van der Waals surface area contributed by atoms with E-state index in [9.17, 15) is 0 Å². The lowest BCUT2D eigenvalue weighted by atomic mass is 9.96. The van der Waals surface area contributed by atoms with Crippen molar-refractivity contribution in [3.8, 4) is 5.75 Å². The summed E-state index contributed by atoms with van der Waals surface area (Å²) in [4.78, 5) is 0. The lowest BCUT2D eigenvalue weighted by molar-refractivity contribution is 0.242. The summed E-state index contributed by atoms with van der Waals surface area (Å²) in [6.45, 7) is 7.46. The molecule has 2 atom stereocenters. The standard InChI is InChI=1S/C14H21NO/c1-10(2)16-14-6-4-5-12(8-14)13-7-11(3)15-9-13/h4-6,8,10-11,13,15H,7,9H2,1-3H3. The molecule has 1 aromatic rings. The third kappa shape index (κ3) is 2.76. The number of ether oxygens (including phenoxy) is 1. The summed E-state index contributed by atoms with van der Waals surface area (Å²) in [7, 11) is 0. The van der Waals surface area contributed by atoms with Gasteiger partial charge in [0.1, 0.15) is 5.75 Å². The van der Waals surface area contributed by atoms with E-state index in [4.69, 9.17) is 4.74 Å². The van der Waals surface area contributed by atoms with Crippen LogP contribution < -0.4 is 10.1 Å². The minimum atomic E-state index is 0.246. The van der Waals surface area contributed by atoms with Crippen LogP contribution in [-0.4, -0.2) is 18.7 Å². The Morgan fingerprint density at radius 2 is 2.19 bits per heavy atom. The zero-order valence-electron chi connectivity index (χ0n) is 10.4. The fourth-order valence-corrected chi connectivity index (χ4v) is 2.30. The van der Waals surface area contributed by atoms with Crippen molar-refractivity contribution in [2.24, 2.45) is 0 Å². The zero-order valence-corrected chi connectivity index (χ0v) is 10.4. The van der Waals surface area contributed by atoms with Gasteiger partial charge in [0.2, 0.25) is 0 Å². The zero-order chi connectivity index (χ0) is 11.5. The third-order valence-electron chi connectivity index (χ3n) is 3.05. The molecule has 0 aromatic heterocycles. The fraction of sp³-hybridized carbons (Fsp3) is 0.571. The Hall–Kier alpha value is -1.02. The molecule has 2 unspecified atom stereocenters. The second-order valence-electron chi connectivity index (χ2n) is 4.98. The molecular formula is C14H21NO. The minimum absolute atomic E-state index is 0.246. The first kappa shape index (κ1) is 11.5. The van der Waals surface area contributed by atoms with Crippen LogP contribution in [0.3, 0.4) is 0 Å². The van der Waals surface area contributed by atoms with Crippen molar-refractivity contribution >= 4 is 0 Å². The van der Waals surface area contributed by atoms with E-state index in [0.29, 0.717) is 12.0 Å². The molecular weight excluding hydrogens is 198 g/mol. The highest BCUT2D eigenvalue weighted by molar-refractivity contribution is 5.32. The van der Waals surface area contributed by atoms with Gasteiger partial charge in [0.05, 0.1) is 6.10 Å². The van der Waals surface area contributed by atoms with Crippen molar-refractivity contribution < 1.29 is 4.74 Å². The van der Waals surface area contributed by atoms with E-state index < -0.39 is 0 Å². The predicted octanol–water partition coefficient (Wildman–Crippen LogP) is 2.94. The smallest absolute Gasteiger partial charge is 0.119 e. The quantitative estimate of drug-likeness (QED) is 0.844. The molecule has 1 aromatic carbocycles. The molecule has 2 rings (SSSR count). The summed E-state index contributed by atoms with van der Waals surface area (Å²) < 4.78 is 5.72. The molecule has 1 heterocycles. The van der Waals surface area contributed by atoms with Crippen LogP contribution in [0, 0.1) is 0 Å². The van der Waals surface area contributed by atoms with E-state index in [0.717, 1.165) is 12.3 Å². The molecule has 1 saturated heterocycles. The van der Waals surface area contributed by atoms with E-state index in [-0.39, 0.29) is 6.10 Å². The monoisotopic (exact) mass is 219 g/mol. The van der Waals surface area contributed by atoms with E-state index >= 15 is 0 Å². The lowest BCUT2D eigenvalue weighted by Crippen LogP contribution is -2.16. The molecule has 88 valence electrons. The first-order valence-electron chi connectivity index (χ1n) is 6.15. The molecule has 2 heteroatoms. The van der Waals surface area contributed by atoms with Gasteiger partial charge in [-0.15, -0.1) is 0 Å². The molecule has 1 aliphatic heterocycles. The Balaban J connectivity index is 2.09. The topological polar surface area (TPSA) is 21.3 Å². The fourth-order valence-electron chi connectivity index (χ4n) is 2.30. The number of hydrogen-bond acceptors (Lipinski definition) is 2. The van der Waals surface area contributed by atoms with Gasteiger partial charge < -0.3 is 10.1 Å². The number of benzene rings is 1. The number of hydrogen-bond donors (Lipinski definition) is 1.